The SMILES string of the molecule is C[C@H]([C@@H]1COC(c2ccccc2)(c2ccccc2)O1)N(C)C. The van der Waals surface area contributed by atoms with Crippen molar-refractivity contribution in [1.82, 2.24) is 4.90 Å². The van der Waals surface area contributed by atoms with Crippen LogP contribution in [0.1, 0.15) is 18.1 Å². The number of likely N-dealkylation sites (N-methyl/N-ethyl adjacent to an activating group) is 1. The highest BCUT2D eigenvalue weighted by Gasteiger charge is 2.46. The predicted molar refractivity (Wildman–Crippen MR) is 87.6 cm³/mol. The van der Waals surface area contributed by atoms with E-state index in [2.05, 4.69) is 50.2 Å². The Labute approximate surface area is 132 Å². The van der Waals surface area contributed by atoms with Gasteiger partial charge >= 0.3 is 0 Å². The molecule has 0 spiro atoms. The van der Waals surface area contributed by atoms with Gasteiger partial charge in [-0.25, -0.2) is 0 Å². The Balaban J connectivity index is 2.00. The van der Waals surface area contributed by atoms with Gasteiger partial charge < -0.3 is 14.4 Å². The van der Waals surface area contributed by atoms with E-state index in [4.69, 9.17) is 9.47 Å². The summed E-state index contributed by atoms with van der Waals surface area (Å²) in [5.41, 5.74) is 2.07. The Morgan fingerprint density at radius 1 is 0.955 bits per heavy atom. The van der Waals surface area contributed by atoms with Crippen LogP contribution in [0.4, 0.5) is 0 Å². The summed E-state index contributed by atoms with van der Waals surface area (Å²) in [5, 5.41) is 0. The third-order valence-corrected chi connectivity index (χ3v) is 4.43. The van der Waals surface area contributed by atoms with E-state index in [9.17, 15) is 0 Å². The number of benzene rings is 2. The minimum Gasteiger partial charge on any atom is -0.339 e. The van der Waals surface area contributed by atoms with Crippen molar-refractivity contribution in [2.75, 3.05) is 20.7 Å². The third-order valence-electron chi connectivity index (χ3n) is 4.43. The normalized spacial score (nSPS) is 21.9. The summed E-state index contributed by atoms with van der Waals surface area (Å²) in [6.45, 7) is 2.75. The van der Waals surface area contributed by atoms with Gasteiger partial charge in [-0.05, 0) is 21.0 Å². The fourth-order valence-electron chi connectivity index (χ4n) is 2.84. The molecule has 3 rings (SSSR count). The van der Waals surface area contributed by atoms with Crippen molar-refractivity contribution < 1.29 is 9.47 Å². The fraction of sp³-hybridized carbons (Fsp3) is 0.368. The molecule has 1 aliphatic rings. The monoisotopic (exact) mass is 297 g/mol. The molecule has 1 saturated heterocycles. The summed E-state index contributed by atoms with van der Waals surface area (Å²) in [4.78, 5) is 2.17. The number of hydrogen-bond acceptors (Lipinski definition) is 3. The van der Waals surface area contributed by atoms with Gasteiger partial charge in [0.15, 0.2) is 0 Å². The summed E-state index contributed by atoms with van der Waals surface area (Å²) in [7, 11) is 4.14. The Hall–Kier alpha value is -1.68. The van der Waals surface area contributed by atoms with Crippen LogP contribution in [-0.2, 0) is 15.3 Å². The molecule has 1 heterocycles. The average Bonchev–Trinajstić information content (AvgIpc) is 3.02. The molecule has 1 fully saturated rings. The molecule has 116 valence electrons. The van der Waals surface area contributed by atoms with Gasteiger partial charge in [-0.1, -0.05) is 60.7 Å². The van der Waals surface area contributed by atoms with Gasteiger partial charge in [-0.15, -0.1) is 0 Å². The van der Waals surface area contributed by atoms with Crippen molar-refractivity contribution >= 4 is 0 Å². The highest BCUT2D eigenvalue weighted by molar-refractivity contribution is 5.34. The minimum atomic E-state index is -0.808. The standard InChI is InChI=1S/C19H23NO2/c1-15(20(2)3)18-14-21-19(22-18,16-10-6-4-7-11-16)17-12-8-5-9-13-17/h4-13,15,18H,14H2,1-3H3/t15-,18+/m1/s1. The van der Waals surface area contributed by atoms with E-state index in [1.807, 2.05) is 36.4 Å². The third kappa shape index (κ3) is 2.68. The first-order valence-corrected chi connectivity index (χ1v) is 7.73. The molecule has 3 heteroatoms. The van der Waals surface area contributed by atoms with Crippen molar-refractivity contribution in [3.8, 4) is 0 Å². The molecule has 2 aromatic carbocycles. The lowest BCUT2D eigenvalue weighted by molar-refractivity contribution is -0.148. The highest BCUT2D eigenvalue weighted by Crippen LogP contribution is 2.41. The predicted octanol–water partition coefficient (Wildman–Crippen LogP) is 3.25. The van der Waals surface area contributed by atoms with Gasteiger partial charge in [-0.3, -0.25) is 0 Å². The van der Waals surface area contributed by atoms with Crippen LogP contribution in [0.15, 0.2) is 60.7 Å². The first-order valence-electron chi connectivity index (χ1n) is 7.73. The molecule has 0 N–H and O–H groups in total. The van der Waals surface area contributed by atoms with E-state index in [1.54, 1.807) is 0 Å². The second-order valence-corrected chi connectivity index (χ2v) is 6.02. The first kappa shape index (κ1) is 15.2. The van der Waals surface area contributed by atoms with E-state index >= 15 is 0 Å². The van der Waals surface area contributed by atoms with Crippen molar-refractivity contribution in [3.05, 3.63) is 71.8 Å². The summed E-state index contributed by atoms with van der Waals surface area (Å²) in [6, 6.07) is 20.7. The molecule has 3 nitrogen and oxygen atoms in total. The van der Waals surface area contributed by atoms with Crippen molar-refractivity contribution in [2.24, 2.45) is 0 Å². The summed E-state index contributed by atoms with van der Waals surface area (Å²) in [5.74, 6) is -0.808. The zero-order chi connectivity index (χ0) is 15.6. The second-order valence-electron chi connectivity index (χ2n) is 6.02. The Morgan fingerprint density at radius 3 is 1.91 bits per heavy atom. The Morgan fingerprint density at radius 2 is 1.45 bits per heavy atom. The molecule has 0 aliphatic carbocycles. The van der Waals surface area contributed by atoms with E-state index in [1.165, 1.54) is 0 Å². The van der Waals surface area contributed by atoms with Gasteiger partial charge in [0, 0.05) is 17.2 Å². The maximum Gasteiger partial charge on any atom is 0.222 e. The molecule has 0 amide bonds. The highest BCUT2D eigenvalue weighted by atomic mass is 16.7. The van der Waals surface area contributed by atoms with Crippen LogP contribution in [0.5, 0.6) is 0 Å². The topological polar surface area (TPSA) is 21.7 Å². The number of hydrogen-bond donors (Lipinski definition) is 0. The fourth-order valence-corrected chi connectivity index (χ4v) is 2.84. The quantitative estimate of drug-likeness (QED) is 0.864. The van der Waals surface area contributed by atoms with Gasteiger partial charge in [-0.2, -0.15) is 0 Å². The lowest BCUT2D eigenvalue weighted by atomic mass is 9.97. The smallest absolute Gasteiger partial charge is 0.222 e. The molecule has 2 aromatic rings. The van der Waals surface area contributed by atoms with Gasteiger partial charge in [0.1, 0.15) is 6.10 Å². The van der Waals surface area contributed by atoms with Crippen LogP contribution in [0.2, 0.25) is 0 Å². The minimum absolute atomic E-state index is 0.0374. The summed E-state index contributed by atoms with van der Waals surface area (Å²) in [6.07, 6.45) is 0.0374. The first-order chi connectivity index (χ1) is 10.6. The molecule has 22 heavy (non-hydrogen) atoms. The van der Waals surface area contributed by atoms with E-state index < -0.39 is 5.79 Å². The Bertz CT molecular complexity index is 558. The van der Waals surface area contributed by atoms with Crippen molar-refractivity contribution in [3.63, 3.8) is 0 Å². The maximum atomic E-state index is 6.48. The largest absolute Gasteiger partial charge is 0.339 e. The van der Waals surface area contributed by atoms with Gasteiger partial charge in [0.05, 0.1) is 6.61 Å². The molecule has 0 bridgehead atoms. The van der Waals surface area contributed by atoms with E-state index in [-0.39, 0.29) is 12.1 Å². The molecule has 0 radical (unpaired) electrons. The molecule has 0 unspecified atom stereocenters. The number of ether oxygens (including phenoxy) is 2. The zero-order valence-electron chi connectivity index (χ0n) is 13.4. The molecular weight excluding hydrogens is 274 g/mol. The Kier molecular flexibility index (Phi) is 4.30. The number of rotatable bonds is 4. The molecule has 0 saturated carbocycles. The van der Waals surface area contributed by atoms with Crippen LogP contribution in [0.25, 0.3) is 0 Å². The molecule has 2 atom stereocenters. The van der Waals surface area contributed by atoms with Crippen LogP contribution >= 0.6 is 0 Å². The van der Waals surface area contributed by atoms with Crippen LogP contribution in [-0.4, -0.2) is 37.7 Å². The van der Waals surface area contributed by atoms with Gasteiger partial charge in [0.2, 0.25) is 5.79 Å². The molecule has 1 aliphatic heterocycles. The lowest BCUT2D eigenvalue weighted by Crippen LogP contribution is -2.39. The zero-order valence-corrected chi connectivity index (χ0v) is 13.4. The van der Waals surface area contributed by atoms with E-state index in [0.717, 1.165) is 11.1 Å². The molecular formula is C19H23NO2. The number of nitrogens with zero attached hydrogens (tertiary/aromatic N) is 1. The second kappa shape index (κ2) is 6.21. The van der Waals surface area contributed by atoms with Crippen molar-refractivity contribution in [2.45, 2.75) is 24.9 Å². The van der Waals surface area contributed by atoms with Gasteiger partial charge in [0.25, 0.3) is 0 Å². The molecule has 0 aromatic heterocycles. The van der Waals surface area contributed by atoms with Crippen LogP contribution in [0, 0.1) is 0 Å². The van der Waals surface area contributed by atoms with Crippen LogP contribution in [0.3, 0.4) is 0 Å². The maximum absolute atomic E-state index is 6.48. The summed E-state index contributed by atoms with van der Waals surface area (Å²) < 4.78 is 12.7. The van der Waals surface area contributed by atoms with E-state index in [0.29, 0.717) is 6.61 Å². The van der Waals surface area contributed by atoms with Crippen molar-refractivity contribution in [1.29, 1.82) is 0 Å². The average molecular weight is 297 g/mol. The summed E-state index contributed by atoms with van der Waals surface area (Å²) >= 11 is 0. The lowest BCUT2D eigenvalue weighted by Gasteiger charge is -2.31. The van der Waals surface area contributed by atoms with Crippen LogP contribution < -0.4 is 0 Å².